The van der Waals surface area contributed by atoms with E-state index in [4.69, 9.17) is 4.74 Å². The summed E-state index contributed by atoms with van der Waals surface area (Å²) in [5.74, 6) is -1.10. The van der Waals surface area contributed by atoms with Crippen LogP contribution >= 0.6 is 0 Å². The van der Waals surface area contributed by atoms with E-state index in [9.17, 15) is 8.78 Å². The average Bonchev–Trinajstić information content (AvgIpc) is 2.90. The molecule has 1 aromatic carbocycles. The van der Waals surface area contributed by atoms with Crippen LogP contribution in [0.25, 0.3) is 0 Å². The monoisotopic (exact) mass is 279 g/mol. The molecule has 1 aliphatic rings. The van der Waals surface area contributed by atoms with Crippen LogP contribution in [0.5, 0.6) is 0 Å². The predicted octanol–water partition coefficient (Wildman–Crippen LogP) is 2.51. The van der Waals surface area contributed by atoms with Gasteiger partial charge in [0.2, 0.25) is 0 Å². The number of benzene rings is 1. The normalized spacial score (nSPS) is 29.2. The summed E-state index contributed by atoms with van der Waals surface area (Å²) < 4.78 is 34.7. The number of hydrogen-bond acceptors (Lipinski definition) is 3. The molecule has 1 saturated heterocycles. The molecular formula is C14H15F2N3O. The maximum atomic E-state index is 14.1. The van der Waals surface area contributed by atoms with Crippen molar-refractivity contribution >= 4 is 0 Å². The van der Waals surface area contributed by atoms with E-state index in [2.05, 4.69) is 10.1 Å². The van der Waals surface area contributed by atoms with Gasteiger partial charge in [-0.2, -0.15) is 5.10 Å². The fraction of sp³-hybridized carbons (Fsp3) is 0.429. The van der Waals surface area contributed by atoms with E-state index in [1.807, 2.05) is 13.8 Å². The van der Waals surface area contributed by atoms with Gasteiger partial charge in [0.05, 0.1) is 12.6 Å². The summed E-state index contributed by atoms with van der Waals surface area (Å²) in [6, 6.07) is 3.59. The molecule has 106 valence electrons. The maximum Gasteiger partial charge on any atom is 0.137 e. The Morgan fingerprint density at radius 2 is 2.15 bits per heavy atom. The zero-order valence-corrected chi connectivity index (χ0v) is 11.3. The summed E-state index contributed by atoms with van der Waals surface area (Å²) in [5, 5.41) is 4.04. The van der Waals surface area contributed by atoms with Crippen molar-refractivity contribution in [3.05, 3.63) is 48.1 Å². The fourth-order valence-electron chi connectivity index (χ4n) is 2.81. The molecule has 0 unspecified atom stereocenters. The number of nitrogens with zero attached hydrogens (tertiary/aromatic N) is 3. The van der Waals surface area contributed by atoms with E-state index in [-0.39, 0.29) is 12.0 Å². The van der Waals surface area contributed by atoms with Crippen molar-refractivity contribution in [1.29, 1.82) is 0 Å². The van der Waals surface area contributed by atoms with Crippen LogP contribution in [0.15, 0.2) is 30.9 Å². The third-order valence-corrected chi connectivity index (χ3v) is 4.09. The fourth-order valence-corrected chi connectivity index (χ4v) is 2.81. The first-order valence-electron chi connectivity index (χ1n) is 6.49. The maximum absolute atomic E-state index is 14.1. The molecule has 0 bridgehead atoms. The average molecular weight is 279 g/mol. The summed E-state index contributed by atoms with van der Waals surface area (Å²) >= 11 is 0. The molecule has 0 N–H and O–H groups in total. The van der Waals surface area contributed by atoms with Crippen molar-refractivity contribution in [2.45, 2.75) is 32.1 Å². The Morgan fingerprint density at radius 1 is 1.35 bits per heavy atom. The molecule has 2 aromatic rings. The van der Waals surface area contributed by atoms with Crippen LogP contribution in [0.2, 0.25) is 0 Å². The molecule has 0 aliphatic carbocycles. The standard InChI is InChI=1S/C14H15F2N3O/c1-9-10(2)20-14(9,6-19-8-17-7-18-19)12-4-3-11(15)5-13(12)16/h3-5,7-10H,6H2,1-2H3/t9-,10-,14-/m1/s1. The van der Waals surface area contributed by atoms with Gasteiger partial charge in [0.25, 0.3) is 0 Å². The van der Waals surface area contributed by atoms with Gasteiger partial charge in [0.15, 0.2) is 0 Å². The van der Waals surface area contributed by atoms with E-state index >= 15 is 0 Å². The minimum Gasteiger partial charge on any atom is -0.364 e. The van der Waals surface area contributed by atoms with Crippen molar-refractivity contribution in [3.8, 4) is 0 Å². The van der Waals surface area contributed by atoms with Crippen LogP contribution in [0, 0.1) is 17.6 Å². The molecule has 0 spiro atoms. The van der Waals surface area contributed by atoms with Gasteiger partial charge in [-0.3, -0.25) is 0 Å². The minimum absolute atomic E-state index is 0.0166. The molecule has 1 aromatic heterocycles. The highest BCUT2D eigenvalue weighted by Gasteiger charge is 2.53. The predicted molar refractivity (Wildman–Crippen MR) is 67.8 cm³/mol. The largest absolute Gasteiger partial charge is 0.364 e. The smallest absolute Gasteiger partial charge is 0.137 e. The molecule has 4 nitrogen and oxygen atoms in total. The van der Waals surface area contributed by atoms with Crippen molar-refractivity contribution in [2.24, 2.45) is 5.92 Å². The summed E-state index contributed by atoms with van der Waals surface area (Å²) in [6.45, 7) is 4.28. The minimum atomic E-state index is -0.828. The van der Waals surface area contributed by atoms with Gasteiger partial charge in [0, 0.05) is 17.5 Å². The van der Waals surface area contributed by atoms with Crippen molar-refractivity contribution in [3.63, 3.8) is 0 Å². The SMILES string of the molecule is C[C@@H]1[C@@H](C)O[C@@]1(Cn1cncn1)c1ccc(F)cc1F. The number of halogens is 2. The second kappa shape index (κ2) is 4.63. The van der Waals surface area contributed by atoms with Crippen molar-refractivity contribution in [2.75, 3.05) is 0 Å². The summed E-state index contributed by atoms with van der Waals surface area (Å²) in [6.07, 6.45) is 2.99. The lowest BCUT2D eigenvalue weighted by atomic mass is 9.73. The molecule has 2 heterocycles. The Bertz CT molecular complexity index is 617. The highest BCUT2D eigenvalue weighted by Crippen LogP contribution is 2.48. The first-order chi connectivity index (χ1) is 9.53. The van der Waals surface area contributed by atoms with Crippen LogP contribution in [0.3, 0.4) is 0 Å². The van der Waals surface area contributed by atoms with Crippen LogP contribution in [0.1, 0.15) is 19.4 Å². The quantitative estimate of drug-likeness (QED) is 0.866. The van der Waals surface area contributed by atoms with E-state index < -0.39 is 17.2 Å². The highest BCUT2D eigenvalue weighted by atomic mass is 19.1. The highest BCUT2D eigenvalue weighted by molar-refractivity contribution is 5.29. The third kappa shape index (κ3) is 1.91. The van der Waals surface area contributed by atoms with Crippen molar-refractivity contribution < 1.29 is 13.5 Å². The van der Waals surface area contributed by atoms with Gasteiger partial charge in [-0.05, 0) is 13.0 Å². The number of rotatable bonds is 3. The van der Waals surface area contributed by atoms with Crippen LogP contribution in [0.4, 0.5) is 8.78 Å². The second-order valence-electron chi connectivity index (χ2n) is 5.22. The van der Waals surface area contributed by atoms with Crippen molar-refractivity contribution in [1.82, 2.24) is 14.8 Å². The molecule has 3 atom stereocenters. The molecule has 1 fully saturated rings. The van der Waals surface area contributed by atoms with E-state index in [1.165, 1.54) is 18.5 Å². The van der Waals surface area contributed by atoms with Crippen LogP contribution in [-0.4, -0.2) is 20.9 Å². The number of aromatic nitrogens is 3. The van der Waals surface area contributed by atoms with Gasteiger partial charge in [-0.1, -0.05) is 13.0 Å². The lowest BCUT2D eigenvalue weighted by Crippen LogP contribution is -2.57. The van der Waals surface area contributed by atoms with Crippen LogP contribution in [-0.2, 0) is 16.9 Å². The molecular weight excluding hydrogens is 264 g/mol. The zero-order valence-electron chi connectivity index (χ0n) is 11.3. The van der Waals surface area contributed by atoms with E-state index in [0.717, 1.165) is 6.07 Å². The van der Waals surface area contributed by atoms with Gasteiger partial charge in [0.1, 0.15) is 29.9 Å². The molecule has 20 heavy (non-hydrogen) atoms. The summed E-state index contributed by atoms with van der Waals surface area (Å²) in [5.41, 5.74) is -0.467. The Morgan fingerprint density at radius 3 is 2.70 bits per heavy atom. The lowest BCUT2D eigenvalue weighted by Gasteiger charge is -2.52. The Labute approximate surface area is 115 Å². The first-order valence-corrected chi connectivity index (χ1v) is 6.49. The second-order valence-corrected chi connectivity index (χ2v) is 5.22. The number of ether oxygens (including phenoxy) is 1. The lowest BCUT2D eigenvalue weighted by molar-refractivity contribution is -0.265. The third-order valence-electron chi connectivity index (χ3n) is 4.09. The van der Waals surface area contributed by atoms with Gasteiger partial charge < -0.3 is 4.74 Å². The van der Waals surface area contributed by atoms with Crippen LogP contribution < -0.4 is 0 Å². The van der Waals surface area contributed by atoms with E-state index in [1.54, 1.807) is 11.0 Å². The topological polar surface area (TPSA) is 39.9 Å². The molecule has 3 rings (SSSR count). The summed E-state index contributed by atoms with van der Waals surface area (Å²) in [4.78, 5) is 3.88. The zero-order chi connectivity index (χ0) is 14.3. The Balaban J connectivity index is 2.02. The van der Waals surface area contributed by atoms with E-state index in [0.29, 0.717) is 12.1 Å². The number of hydrogen-bond donors (Lipinski definition) is 0. The molecule has 0 amide bonds. The molecule has 6 heteroatoms. The molecule has 0 saturated carbocycles. The summed E-state index contributed by atoms with van der Waals surface area (Å²) in [7, 11) is 0. The van der Waals surface area contributed by atoms with Gasteiger partial charge in [-0.25, -0.2) is 18.4 Å². The van der Waals surface area contributed by atoms with Gasteiger partial charge >= 0.3 is 0 Å². The van der Waals surface area contributed by atoms with Gasteiger partial charge in [-0.15, -0.1) is 0 Å². The first kappa shape index (κ1) is 13.2. The Kier molecular flexibility index (Phi) is 3.05. The molecule has 1 aliphatic heterocycles. The molecule has 0 radical (unpaired) electrons. The Hall–Kier alpha value is -1.82.